The maximum atomic E-state index is 5.70. The molecule has 1 saturated heterocycles. The first-order valence-electron chi connectivity index (χ1n) is 6.60. The molecule has 0 aromatic heterocycles. The van der Waals surface area contributed by atoms with Crippen molar-refractivity contribution >= 4 is 15.9 Å². The Morgan fingerprint density at radius 2 is 2.06 bits per heavy atom. The van der Waals surface area contributed by atoms with Gasteiger partial charge < -0.3 is 9.64 Å². The highest BCUT2D eigenvalue weighted by molar-refractivity contribution is 9.09. The average molecular weight is 290 g/mol. The second kappa shape index (κ2) is 5.83. The summed E-state index contributed by atoms with van der Waals surface area (Å²) in [6, 6.07) is 0. The lowest BCUT2D eigenvalue weighted by Gasteiger charge is -2.33. The summed E-state index contributed by atoms with van der Waals surface area (Å²) in [6.07, 6.45) is 8.63. The van der Waals surface area contributed by atoms with Crippen molar-refractivity contribution in [1.29, 1.82) is 0 Å². The predicted octanol–water partition coefficient (Wildman–Crippen LogP) is 3.05. The van der Waals surface area contributed by atoms with E-state index in [0.29, 0.717) is 11.5 Å². The smallest absolute Gasteiger partial charge is 0.0702 e. The second-order valence-electron chi connectivity index (χ2n) is 5.67. The third-order valence-corrected chi connectivity index (χ3v) is 5.28. The number of ether oxygens (including phenoxy) is 1. The quantitative estimate of drug-likeness (QED) is 0.722. The van der Waals surface area contributed by atoms with E-state index in [2.05, 4.69) is 27.9 Å². The van der Waals surface area contributed by atoms with Gasteiger partial charge in [0, 0.05) is 25.0 Å². The third kappa shape index (κ3) is 3.21. The van der Waals surface area contributed by atoms with E-state index in [1.54, 1.807) is 0 Å². The zero-order valence-corrected chi connectivity index (χ0v) is 12.0. The maximum absolute atomic E-state index is 5.70. The number of rotatable bonds is 5. The fourth-order valence-corrected chi connectivity index (χ4v) is 3.97. The van der Waals surface area contributed by atoms with Crippen LogP contribution in [0, 0.1) is 5.41 Å². The molecular weight excluding hydrogens is 266 g/mol. The third-order valence-electron chi connectivity index (χ3n) is 4.09. The topological polar surface area (TPSA) is 12.5 Å². The lowest BCUT2D eigenvalue weighted by molar-refractivity contribution is 0.0688. The van der Waals surface area contributed by atoms with Gasteiger partial charge in [-0.05, 0) is 38.1 Å². The summed E-state index contributed by atoms with van der Waals surface area (Å²) in [4.78, 5) is 2.49. The minimum Gasteiger partial charge on any atom is -0.377 e. The zero-order chi connectivity index (χ0) is 11.4. The molecule has 2 rings (SSSR count). The standard InChI is InChI=1S/C13H24BrNO/c1-15(9-12-5-4-8-16-12)11-13(10-14)6-2-3-7-13/h12H,2-11H2,1H3. The average Bonchev–Trinajstić information content (AvgIpc) is 2.90. The molecular formula is C13H24BrNO. The van der Waals surface area contributed by atoms with E-state index in [9.17, 15) is 0 Å². The molecule has 3 heteroatoms. The Bertz CT molecular complexity index is 210. The van der Waals surface area contributed by atoms with Crippen LogP contribution in [0.3, 0.4) is 0 Å². The van der Waals surface area contributed by atoms with Gasteiger partial charge in [0.25, 0.3) is 0 Å². The Balaban J connectivity index is 1.78. The zero-order valence-electron chi connectivity index (χ0n) is 10.4. The van der Waals surface area contributed by atoms with Crippen LogP contribution in [-0.2, 0) is 4.74 Å². The number of halogens is 1. The molecule has 1 aliphatic carbocycles. The number of alkyl halides is 1. The molecule has 2 fully saturated rings. The van der Waals surface area contributed by atoms with Crippen LogP contribution >= 0.6 is 15.9 Å². The Hall–Kier alpha value is 0.400. The summed E-state index contributed by atoms with van der Waals surface area (Å²) in [5, 5.41) is 1.16. The fraction of sp³-hybridized carbons (Fsp3) is 1.00. The van der Waals surface area contributed by atoms with Gasteiger partial charge in [0.05, 0.1) is 6.10 Å². The predicted molar refractivity (Wildman–Crippen MR) is 71.2 cm³/mol. The van der Waals surface area contributed by atoms with Crippen LogP contribution in [0.4, 0.5) is 0 Å². The Kier molecular flexibility index (Phi) is 4.68. The Labute approximate surface area is 108 Å². The van der Waals surface area contributed by atoms with Crippen LogP contribution < -0.4 is 0 Å². The van der Waals surface area contributed by atoms with Crippen molar-refractivity contribution in [2.75, 3.05) is 32.1 Å². The van der Waals surface area contributed by atoms with Crippen molar-refractivity contribution in [1.82, 2.24) is 4.90 Å². The van der Waals surface area contributed by atoms with Crippen LogP contribution in [0.2, 0.25) is 0 Å². The van der Waals surface area contributed by atoms with Crippen LogP contribution in [0.5, 0.6) is 0 Å². The van der Waals surface area contributed by atoms with Crippen LogP contribution in [-0.4, -0.2) is 43.1 Å². The van der Waals surface area contributed by atoms with Crippen molar-refractivity contribution in [3.8, 4) is 0 Å². The van der Waals surface area contributed by atoms with E-state index >= 15 is 0 Å². The molecule has 1 atom stereocenters. The monoisotopic (exact) mass is 289 g/mol. The van der Waals surface area contributed by atoms with Crippen LogP contribution in [0.15, 0.2) is 0 Å². The molecule has 0 bridgehead atoms. The van der Waals surface area contributed by atoms with E-state index in [0.717, 1.165) is 18.5 Å². The van der Waals surface area contributed by atoms with Crippen LogP contribution in [0.25, 0.3) is 0 Å². The Morgan fingerprint density at radius 1 is 1.31 bits per heavy atom. The molecule has 0 amide bonds. The first-order valence-corrected chi connectivity index (χ1v) is 7.72. The summed E-state index contributed by atoms with van der Waals surface area (Å²) in [6.45, 7) is 3.33. The highest BCUT2D eigenvalue weighted by Crippen LogP contribution is 2.40. The molecule has 0 radical (unpaired) electrons. The van der Waals surface area contributed by atoms with Gasteiger partial charge in [-0.15, -0.1) is 0 Å². The van der Waals surface area contributed by atoms with Gasteiger partial charge >= 0.3 is 0 Å². The van der Waals surface area contributed by atoms with Gasteiger partial charge in [-0.25, -0.2) is 0 Å². The minimum atomic E-state index is 0.499. The molecule has 1 saturated carbocycles. The number of likely N-dealkylation sites (N-methyl/N-ethyl adjacent to an activating group) is 1. The van der Waals surface area contributed by atoms with E-state index < -0.39 is 0 Å². The van der Waals surface area contributed by atoms with Crippen molar-refractivity contribution in [2.24, 2.45) is 5.41 Å². The SMILES string of the molecule is CN(CC1CCCO1)CC1(CBr)CCCC1. The number of hydrogen-bond donors (Lipinski definition) is 0. The molecule has 0 aromatic carbocycles. The molecule has 1 heterocycles. The summed E-state index contributed by atoms with van der Waals surface area (Å²) < 4.78 is 5.70. The molecule has 1 unspecified atom stereocenters. The molecule has 0 spiro atoms. The molecule has 16 heavy (non-hydrogen) atoms. The van der Waals surface area contributed by atoms with Gasteiger partial charge in [0.1, 0.15) is 0 Å². The molecule has 0 aromatic rings. The lowest BCUT2D eigenvalue weighted by Crippen LogP contribution is -2.38. The maximum Gasteiger partial charge on any atom is 0.0702 e. The van der Waals surface area contributed by atoms with E-state index in [1.165, 1.54) is 45.1 Å². The van der Waals surface area contributed by atoms with Gasteiger partial charge in [-0.2, -0.15) is 0 Å². The highest BCUT2D eigenvalue weighted by atomic mass is 79.9. The summed E-state index contributed by atoms with van der Waals surface area (Å²) in [5.41, 5.74) is 0.549. The second-order valence-corrected chi connectivity index (χ2v) is 6.23. The molecule has 94 valence electrons. The number of hydrogen-bond acceptors (Lipinski definition) is 2. The first kappa shape index (κ1) is 12.8. The molecule has 0 N–H and O–H groups in total. The van der Waals surface area contributed by atoms with E-state index in [1.807, 2.05) is 0 Å². The fourth-order valence-electron chi connectivity index (χ4n) is 3.23. The first-order chi connectivity index (χ1) is 7.74. The van der Waals surface area contributed by atoms with Crippen molar-refractivity contribution < 1.29 is 4.74 Å². The van der Waals surface area contributed by atoms with Gasteiger partial charge in [0.2, 0.25) is 0 Å². The number of nitrogens with zero attached hydrogens (tertiary/aromatic N) is 1. The Morgan fingerprint density at radius 3 is 2.62 bits per heavy atom. The van der Waals surface area contributed by atoms with Crippen LogP contribution in [0.1, 0.15) is 38.5 Å². The molecule has 2 nitrogen and oxygen atoms in total. The van der Waals surface area contributed by atoms with Gasteiger partial charge in [-0.3, -0.25) is 0 Å². The van der Waals surface area contributed by atoms with Gasteiger partial charge in [0.15, 0.2) is 0 Å². The molecule has 1 aliphatic heterocycles. The van der Waals surface area contributed by atoms with Crippen molar-refractivity contribution in [3.05, 3.63) is 0 Å². The van der Waals surface area contributed by atoms with E-state index in [-0.39, 0.29) is 0 Å². The summed E-state index contributed by atoms with van der Waals surface area (Å²) in [7, 11) is 2.25. The lowest BCUT2D eigenvalue weighted by atomic mass is 9.88. The van der Waals surface area contributed by atoms with Crippen molar-refractivity contribution in [3.63, 3.8) is 0 Å². The van der Waals surface area contributed by atoms with Gasteiger partial charge in [-0.1, -0.05) is 28.8 Å². The largest absolute Gasteiger partial charge is 0.377 e. The molecule has 2 aliphatic rings. The summed E-state index contributed by atoms with van der Waals surface area (Å²) >= 11 is 3.72. The minimum absolute atomic E-state index is 0.499. The highest BCUT2D eigenvalue weighted by Gasteiger charge is 2.34. The van der Waals surface area contributed by atoms with E-state index in [4.69, 9.17) is 4.74 Å². The normalized spacial score (nSPS) is 29.1. The summed E-state index contributed by atoms with van der Waals surface area (Å²) in [5.74, 6) is 0. The van der Waals surface area contributed by atoms with Crippen molar-refractivity contribution in [2.45, 2.75) is 44.6 Å².